The molecule has 514 valence electrons. The maximum absolute atomic E-state index is 18.0. The van der Waals surface area contributed by atoms with Crippen molar-refractivity contribution in [3.8, 4) is 66.8 Å². The second-order valence-corrected chi connectivity index (χ2v) is 28.5. The molecule has 0 amide bonds. The molecule has 11 aromatic rings. The first kappa shape index (κ1) is 72.1. The van der Waals surface area contributed by atoms with Crippen molar-refractivity contribution in [2.24, 2.45) is 5.73 Å². The van der Waals surface area contributed by atoms with E-state index in [1.807, 2.05) is 12.1 Å². The van der Waals surface area contributed by atoms with Gasteiger partial charge < -0.3 is 15.5 Å². The molecule has 2 N–H and O–H groups in total. The maximum Gasteiger partial charge on any atom is 0.133 e. The van der Waals surface area contributed by atoms with Crippen LogP contribution in [-0.2, 0) is 36.6 Å². The highest BCUT2D eigenvalue weighted by atomic mass is 19.1. The quantitative estimate of drug-likeness (QED) is 0.0427. The van der Waals surface area contributed by atoms with Crippen molar-refractivity contribution in [3.05, 3.63) is 288 Å². The zero-order valence-electron chi connectivity index (χ0n) is 61.0. The Balaban J connectivity index is 0.973. The Morgan fingerprint density at radius 3 is 0.890 bits per heavy atom. The number of nitrogens with zero attached hydrogens (tertiary/aromatic N) is 2. The number of unbranched alkanes of at least 4 members (excludes halogenated alkanes) is 6. The van der Waals surface area contributed by atoms with Crippen molar-refractivity contribution in [2.75, 3.05) is 9.80 Å². The molecule has 100 heavy (non-hydrogen) atoms. The van der Waals surface area contributed by atoms with Gasteiger partial charge in [0.2, 0.25) is 0 Å². The Bertz CT molecular complexity index is 4400. The number of anilines is 6. The Morgan fingerprint density at radius 2 is 0.600 bits per heavy atom. The predicted octanol–water partition coefficient (Wildman–Crippen LogP) is 28.1. The van der Waals surface area contributed by atoms with E-state index < -0.39 is 5.54 Å². The monoisotopic (exact) mass is 1330 g/mol. The lowest BCUT2D eigenvalue weighted by molar-refractivity contribution is 0.414. The molecule has 0 aliphatic rings. The molecule has 0 heterocycles. The largest absolute Gasteiger partial charge is 0.322 e. The summed E-state index contributed by atoms with van der Waals surface area (Å²) in [6.07, 6.45) is 18.4. The van der Waals surface area contributed by atoms with E-state index in [1.54, 1.807) is 12.1 Å². The summed E-state index contributed by atoms with van der Waals surface area (Å²) in [6.45, 7) is 20.0. The van der Waals surface area contributed by atoms with Gasteiger partial charge in [0.05, 0.1) is 0 Å². The minimum Gasteiger partial charge on any atom is -0.322 e. The predicted molar refractivity (Wildman–Crippen MR) is 426 cm³/mol. The fourth-order valence-corrected chi connectivity index (χ4v) is 14.6. The number of rotatable bonds is 32. The van der Waals surface area contributed by atoms with Gasteiger partial charge in [0.25, 0.3) is 0 Å². The Hall–Kier alpha value is -9.16. The van der Waals surface area contributed by atoms with E-state index in [-0.39, 0.29) is 17.0 Å². The lowest BCUT2D eigenvalue weighted by Gasteiger charge is -2.29. The van der Waals surface area contributed by atoms with Crippen molar-refractivity contribution in [1.82, 2.24) is 0 Å². The summed E-state index contributed by atoms with van der Waals surface area (Å²) in [5, 5.41) is 0. The smallest absolute Gasteiger partial charge is 0.133 e. The average molecular weight is 1330 g/mol. The number of nitrogens with two attached hydrogens (primary N) is 1. The van der Waals surface area contributed by atoms with Crippen LogP contribution in [-0.4, -0.2) is 0 Å². The zero-order chi connectivity index (χ0) is 70.2. The molecule has 11 rings (SSSR count). The van der Waals surface area contributed by atoms with Crippen LogP contribution in [0.5, 0.6) is 0 Å². The number of halogens is 2. The number of benzene rings is 11. The van der Waals surface area contributed by atoms with Crippen LogP contribution in [0.15, 0.2) is 243 Å². The number of hydrogen-bond donors (Lipinski definition) is 1. The molecule has 0 fully saturated rings. The van der Waals surface area contributed by atoms with Crippen LogP contribution in [0.1, 0.15) is 186 Å². The Morgan fingerprint density at radius 1 is 0.290 bits per heavy atom. The molecule has 2 unspecified atom stereocenters. The van der Waals surface area contributed by atoms with Gasteiger partial charge in [0, 0.05) is 50.8 Å². The van der Waals surface area contributed by atoms with E-state index in [4.69, 9.17) is 5.73 Å². The fourth-order valence-electron chi connectivity index (χ4n) is 14.6. The summed E-state index contributed by atoms with van der Waals surface area (Å²) < 4.78 is 36.0. The van der Waals surface area contributed by atoms with Gasteiger partial charge in [0.1, 0.15) is 11.6 Å². The van der Waals surface area contributed by atoms with E-state index in [9.17, 15) is 0 Å². The maximum atomic E-state index is 18.0. The highest BCUT2D eigenvalue weighted by Crippen LogP contribution is 2.45. The SMILES string of the molecule is CCCCCCc1cc(-c2ccc(N(c3ccc(-c4ccc(CCC)cc4)cc3)c3ccc(-c4ccc(C(C)(CC)CCC)cc4)cc3)cc2F)c(CCCCCC)cc1-c1ccc(N(c2ccc(-c3ccc(CCC)cc3)cc2)c2ccc(-c3ccc(C(C)(N)CC)cc3)cc2)cc1F. The summed E-state index contributed by atoms with van der Waals surface area (Å²) in [7, 11) is 0. The van der Waals surface area contributed by atoms with Gasteiger partial charge >= 0.3 is 0 Å². The van der Waals surface area contributed by atoms with Crippen LogP contribution in [0.2, 0.25) is 0 Å². The van der Waals surface area contributed by atoms with Gasteiger partial charge in [-0.1, -0.05) is 271 Å². The molecule has 0 bridgehead atoms. The molecule has 2 atom stereocenters. The van der Waals surface area contributed by atoms with Gasteiger partial charge in [-0.25, -0.2) is 8.78 Å². The summed E-state index contributed by atoms with van der Waals surface area (Å²) in [5.41, 5.74) is 30.6. The summed E-state index contributed by atoms with van der Waals surface area (Å²) >= 11 is 0. The Kier molecular flexibility index (Phi) is 24.4. The normalized spacial score (nSPS) is 12.7. The molecule has 3 nitrogen and oxygen atoms in total. The third-order valence-electron chi connectivity index (χ3n) is 21.2. The van der Waals surface area contributed by atoms with Crippen LogP contribution in [0, 0.1) is 11.6 Å². The van der Waals surface area contributed by atoms with Crippen LogP contribution in [0.4, 0.5) is 42.9 Å². The standard InChI is InChI=1S/C95H105F2N3/c1-10-17-19-21-25-78-65-91(89-62-60-87(67-93(89)97)100(83-53-41-75(42-54-83)71-33-29-69(24-13-4)30-34-71)85-57-45-77(46-58-85)73-37-49-81(50-38-73)95(9,98)16-7)79(26-22-20-18-11-2)64-90(78)88-61-59-86(66-92(88)96)99(82-51-39-74(40-52-82)70-31-27-68(23-12-3)28-32-70)84-55-43-76(44-56-84)72-35-47-80(48-36-72)94(8,15-6)63-14-5/h27-62,64-67H,10-26,63,98H2,1-9H3. The molecule has 0 radical (unpaired) electrons. The first-order chi connectivity index (χ1) is 48.7. The van der Waals surface area contributed by atoms with Crippen LogP contribution in [0.3, 0.4) is 0 Å². The molecule has 0 saturated carbocycles. The summed E-state index contributed by atoms with van der Waals surface area (Å²) in [4.78, 5) is 4.33. The number of hydrogen-bond acceptors (Lipinski definition) is 3. The van der Waals surface area contributed by atoms with Crippen LogP contribution >= 0.6 is 0 Å². The minimum absolute atomic E-state index is 0.148. The van der Waals surface area contributed by atoms with E-state index in [1.165, 1.54) is 22.3 Å². The molecule has 0 spiro atoms. The Labute approximate surface area is 598 Å². The van der Waals surface area contributed by atoms with E-state index >= 15 is 8.78 Å². The van der Waals surface area contributed by atoms with Crippen molar-refractivity contribution in [2.45, 2.75) is 189 Å². The van der Waals surface area contributed by atoms with E-state index in [0.29, 0.717) is 16.8 Å². The lowest BCUT2D eigenvalue weighted by atomic mass is 9.76. The molecule has 0 aromatic heterocycles. The zero-order valence-corrected chi connectivity index (χ0v) is 61.0. The molecular formula is C95H105F2N3. The van der Waals surface area contributed by atoms with E-state index in [0.717, 1.165) is 211 Å². The lowest BCUT2D eigenvalue weighted by Crippen LogP contribution is -2.31. The van der Waals surface area contributed by atoms with Crippen LogP contribution < -0.4 is 15.5 Å². The summed E-state index contributed by atoms with van der Waals surface area (Å²) in [5.74, 6) is -0.599. The van der Waals surface area contributed by atoms with Crippen LogP contribution in [0.25, 0.3) is 66.8 Å². The van der Waals surface area contributed by atoms with Gasteiger partial charge in [-0.2, -0.15) is 0 Å². The highest BCUT2D eigenvalue weighted by molar-refractivity contribution is 5.85. The second kappa shape index (κ2) is 33.8. The topological polar surface area (TPSA) is 32.5 Å². The molecule has 0 aliphatic carbocycles. The highest BCUT2D eigenvalue weighted by Gasteiger charge is 2.26. The molecular weight excluding hydrogens is 1220 g/mol. The molecule has 5 heteroatoms. The van der Waals surface area contributed by atoms with Gasteiger partial charge in [0.15, 0.2) is 0 Å². The molecule has 0 saturated heterocycles. The van der Waals surface area contributed by atoms with Crippen molar-refractivity contribution >= 4 is 34.1 Å². The van der Waals surface area contributed by atoms with Crippen molar-refractivity contribution in [3.63, 3.8) is 0 Å². The first-order valence-corrected chi connectivity index (χ1v) is 37.6. The fraction of sp³-hybridized carbons (Fsp3) is 0.305. The minimum atomic E-state index is -0.401. The number of aryl methyl sites for hydroxylation is 4. The average Bonchev–Trinajstić information content (AvgIpc) is 0.770. The summed E-state index contributed by atoms with van der Waals surface area (Å²) in [6, 6.07) is 86.0. The molecule has 11 aromatic carbocycles. The van der Waals surface area contributed by atoms with Crippen molar-refractivity contribution in [1.29, 1.82) is 0 Å². The van der Waals surface area contributed by atoms with Crippen molar-refractivity contribution < 1.29 is 8.78 Å². The molecule has 0 aliphatic heterocycles. The van der Waals surface area contributed by atoms with Gasteiger partial charge in [-0.15, -0.1) is 0 Å². The van der Waals surface area contributed by atoms with Gasteiger partial charge in [-0.05, 0) is 244 Å². The van der Waals surface area contributed by atoms with Gasteiger partial charge in [-0.3, -0.25) is 0 Å². The van der Waals surface area contributed by atoms with E-state index in [2.05, 4.69) is 291 Å². The third-order valence-corrected chi connectivity index (χ3v) is 21.2. The second-order valence-electron chi connectivity index (χ2n) is 28.5. The third kappa shape index (κ3) is 17.0. The first-order valence-electron chi connectivity index (χ1n) is 37.6.